The minimum absolute atomic E-state index is 0.0182. The number of halogens is 3. The summed E-state index contributed by atoms with van der Waals surface area (Å²) in [7, 11) is 0. The van der Waals surface area contributed by atoms with Crippen molar-refractivity contribution in [3.05, 3.63) is 29.3 Å². The molecule has 0 unspecified atom stereocenters. The molecule has 0 radical (unpaired) electrons. The first-order valence-electron chi connectivity index (χ1n) is 4.40. The third-order valence-electron chi connectivity index (χ3n) is 1.87. The topological polar surface area (TPSA) is 52.9 Å². The van der Waals surface area contributed by atoms with Gasteiger partial charge in [-0.2, -0.15) is 31.1 Å². The summed E-state index contributed by atoms with van der Waals surface area (Å²) in [4.78, 5) is 11.0. The smallest absolute Gasteiger partial charge is 0.325 e. The van der Waals surface area contributed by atoms with Crippen LogP contribution in [0.15, 0.2) is 18.2 Å². The van der Waals surface area contributed by atoms with Crippen LogP contribution in [-0.2, 0) is 11.0 Å². The second-order valence-electron chi connectivity index (χ2n) is 3.08. The largest absolute Gasteiger partial charge is 0.417 e. The first-order valence-corrected chi connectivity index (χ1v) is 5.03. The van der Waals surface area contributed by atoms with Gasteiger partial charge < -0.3 is 5.32 Å². The van der Waals surface area contributed by atoms with Crippen molar-refractivity contribution in [3.63, 3.8) is 0 Å². The second-order valence-corrected chi connectivity index (χ2v) is 3.39. The minimum atomic E-state index is -4.63. The summed E-state index contributed by atoms with van der Waals surface area (Å²) in [5.74, 6) is -0.660. The predicted molar refractivity (Wildman–Crippen MR) is 58.6 cm³/mol. The highest BCUT2D eigenvalue weighted by molar-refractivity contribution is 7.81. The van der Waals surface area contributed by atoms with E-state index in [1.54, 1.807) is 0 Å². The van der Waals surface area contributed by atoms with Crippen molar-refractivity contribution in [3.8, 4) is 6.07 Å². The molecule has 0 fully saturated rings. The highest BCUT2D eigenvalue weighted by Crippen LogP contribution is 2.33. The summed E-state index contributed by atoms with van der Waals surface area (Å²) in [6, 6.07) is 4.41. The molecule has 0 aliphatic heterocycles. The van der Waals surface area contributed by atoms with Crippen LogP contribution in [0.25, 0.3) is 0 Å². The quantitative estimate of drug-likeness (QED) is 0.802. The Hall–Kier alpha value is -1.68. The van der Waals surface area contributed by atoms with Crippen molar-refractivity contribution in [2.75, 3.05) is 11.1 Å². The van der Waals surface area contributed by atoms with Gasteiger partial charge in [-0.05, 0) is 18.2 Å². The SMILES string of the molecule is N#Cc1ccc(NC(=O)CS)cc1C(F)(F)F. The van der Waals surface area contributed by atoms with Crippen LogP contribution in [0.5, 0.6) is 0 Å². The van der Waals surface area contributed by atoms with E-state index in [1.165, 1.54) is 12.1 Å². The van der Waals surface area contributed by atoms with E-state index in [4.69, 9.17) is 5.26 Å². The Morgan fingerprint density at radius 2 is 2.12 bits per heavy atom. The molecule has 3 nitrogen and oxygen atoms in total. The first-order chi connectivity index (χ1) is 7.88. The molecule has 0 atom stereocenters. The average molecular weight is 260 g/mol. The molecule has 0 bridgehead atoms. The van der Waals surface area contributed by atoms with E-state index in [9.17, 15) is 18.0 Å². The zero-order valence-corrected chi connectivity index (χ0v) is 9.27. The van der Waals surface area contributed by atoms with E-state index < -0.39 is 23.2 Å². The Labute approximate surface area is 101 Å². The lowest BCUT2D eigenvalue weighted by atomic mass is 10.1. The Kier molecular flexibility index (Phi) is 4.02. The molecule has 7 heteroatoms. The highest BCUT2D eigenvalue weighted by atomic mass is 32.1. The van der Waals surface area contributed by atoms with Crippen molar-refractivity contribution in [1.82, 2.24) is 0 Å². The standard InChI is InChI=1S/C10H7F3N2OS/c11-10(12,13)8-3-7(15-9(16)5-17)2-1-6(8)4-14/h1-3,17H,5H2,(H,15,16). The lowest BCUT2D eigenvalue weighted by Crippen LogP contribution is -2.14. The molecular weight excluding hydrogens is 253 g/mol. The van der Waals surface area contributed by atoms with Gasteiger partial charge in [0, 0.05) is 5.69 Å². The number of thiol groups is 1. The van der Waals surface area contributed by atoms with Gasteiger partial charge in [-0.1, -0.05) is 0 Å². The first kappa shape index (κ1) is 13.4. The number of rotatable bonds is 2. The molecule has 1 amide bonds. The van der Waals surface area contributed by atoms with Crippen LogP contribution in [0, 0.1) is 11.3 Å². The number of carbonyl (C=O) groups excluding carboxylic acids is 1. The van der Waals surface area contributed by atoms with Crippen LogP contribution in [0.4, 0.5) is 18.9 Å². The van der Waals surface area contributed by atoms with Crippen molar-refractivity contribution in [2.45, 2.75) is 6.18 Å². The maximum absolute atomic E-state index is 12.6. The van der Waals surface area contributed by atoms with Crippen LogP contribution in [-0.4, -0.2) is 11.7 Å². The average Bonchev–Trinajstić information content (AvgIpc) is 2.27. The third kappa shape index (κ3) is 3.39. The number of carbonyl (C=O) groups is 1. The number of nitriles is 1. The molecule has 1 rings (SSSR count). The fourth-order valence-electron chi connectivity index (χ4n) is 1.15. The molecule has 1 aromatic carbocycles. The van der Waals surface area contributed by atoms with Gasteiger partial charge in [0.25, 0.3) is 0 Å². The van der Waals surface area contributed by atoms with E-state index in [1.807, 2.05) is 0 Å². The third-order valence-corrected chi connectivity index (χ3v) is 2.16. The molecule has 0 aliphatic carbocycles. The Bertz CT molecular complexity index is 479. The zero-order chi connectivity index (χ0) is 13.1. The van der Waals surface area contributed by atoms with Crippen molar-refractivity contribution in [1.29, 1.82) is 5.26 Å². The number of amides is 1. The van der Waals surface area contributed by atoms with Gasteiger partial charge in [0.1, 0.15) is 0 Å². The summed E-state index contributed by atoms with van der Waals surface area (Å²) >= 11 is 3.68. The Morgan fingerprint density at radius 3 is 2.59 bits per heavy atom. The van der Waals surface area contributed by atoms with Gasteiger partial charge in [0.2, 0.25) is 5.91 Å². The van der Waals surface area contributed by atoms with Gasteiger partial charge in [-0.15, -0.1) is 0 Å². The maximum atomic E-state index is 12.6. The summed E-state index contributed by atoms with van der Waals surface area (Å²) in [6.07, 6.45) is -4.63. The summed E-state index contributed by atoms with van der Waals surface area (Å²) < 4.78 is 37.7. The molecule has 1 aromatic rings. The number of hydrogen-bond donors (Lipinski definition) is 2. The van der Waals surface area contributed by atoms with Gasteiger partial charge >= 0.3 is 6.18 Å². The van der Waals surface area contributed by atoms with Crippen LogP contribution in [0.3, 0.4) is 0 Å². The molecule has 0 saturated carbocycles. The van der Waals surface area contributed by atoms with E-state index in [0.29, 0.717) is 0 Å². The number of hydrogen-bond acceptors (Lipinski definition) is 3. The highest BCUT2D eigenvalue weighted by Gasteiger charge is 2.33. The molecule has 17 heavy (non-hydrogen) atoms. The van der Waals surface area contributed by atoms with E-state index >= 15 is 0 Å². The molecule has 90 valence electrons. The Morgan fingerprint density at radius 1 is 1.47 bits per heavy atom. The second kappa shape index (κ2) is 5.10. The monoisotopic (exact) mass is 260 g/mol. The zero-order valence-electron chi connectivity index (χ0n) is 8.38. The molecule has 0 aliphatic rings. The number of anilines is 1. The molecule has 0 saturated heterocycles. The number of benzene rings is 1. The lowest BCUT2D eigenvalue weighted by molar-refractivity contribution is -0.137. The van der Waals surface area contributed by atoms with E-state index in [0.717, 1.165) is 12.1 Å². The predicted octanol–water partition coefficient (Wildman–Crippen LogP) is 2.45. The lowest BCUT2D eigenvalue weighted by Gasteiger charge is -2.11. The van der Waals surface area contributed by atoms with Gasteiger partial charge in [-0.3, -0.25) is 4.79 Å². The number of nitrogens with zero attached hydrogens (tertiary/aromatic N) is 1. The van der Waals surface area contributed by atoms with E-state index in [2.05, 4.69) is 17.9 Å². The molecular formula is C10H7F3N2OS. The molecule has 1 N–H and O–H groups in total. The van der Waals surface area contributed by atoms with Crippen LogP contribution >= 0.6 is 12.6 Å². The maximum Gasteiger partial charge on any atom is 0.417 e. The number of alkyl halides is 3. The number of nitrogens with one attached hydrogen (secondary N) is 1. The Balaban J connectivity index is 3.15. The van der Waals surface area contributed by atoms with Gasteiger partial charge in [0.15, 0.2) is 0 Å². The van der Waals surface area contributed by atoms with Crippen LogP contribution in [0.2, 0.25) is 0 Å². The molecule has 0 heterocycles. The fourth-order valence-corrected chi connectivity index (χ4v) is 1.23. The summed E-state index contributed by atoms with van der Waals surface area (Å²) in [5.41, 5.74) is -1.58. The summed E-state index contributed by atoms with van der Waals surface area (Å²) in [6.45, 7) is 0. The fraction of sp³-hybridized carbons (Fsp3) is 0.200. The van der Waals surface area contributed by atoms with Crippen LogP contribution in [0.1, 0.15) is 11.1 Å². The summed E-state index contributed by atoms with van der Waals surface area (Å²) in [5, 5.41) is 10.8. The molecule has 0 spiro atoms. The molecule has 0 aromatic heterocycles. The van der Waals surface area contributed by atoms with Crippen molar-refractivity contribution >= 4 is 24.2 Å². The van der Waals surface area contributed by atoms with Gasteiger partial charge in [0.05, 0.1) is 22.9 Å². The van der Waals surface area contributed by atoms with Crippen LogP contribution < -0.4 is 5.32 Å². The van der Waals surface area contributed by atoms with Gasteiger partial charge in [-0.25, -0.2) is 0 Å². The normalized spacial score (nSPS) is 10.8. The van der Waals surface area contributed by atoms with E-state index in [-0.39, 0.29) is 11.4 Å². The minimum Gasteiger partial charge on any atom is -0.325 e. The van der Waals surface area contributed by atoms with Crippen molar-refractivity contribution < 1.29 is 18.0 Å². The van der Waals surface area contributed by atoms with Crippen molar-refractivity contribution in [2.24, 2.45) is 0 Å².